The van der Waals surface area contributed by atoms with Gasteiger partial charge in [0.1, 0.15) is 0 Å². The van der Waals surface area contributed by atoms with E-state index < -0.39 is 0 Å². The van der Waals surface area contributed by atoms with Gasteiger partial charge in [0, 0.05) is 11.3 Å². The van der Waals surface area contributed by atoms with Crippen molar-refractivity contribution in [2.45, 2.75) is 32.8 Å². The molecule has 0 saturated carbocycles. The highest BCUT2D eigenvalue weighted by atomic mass is 32.1. The van der Waals surface area contributed by atoms with E-state index >= 15 is 0 Å². The molecular formula is C10H16OS. The zero-order valence-electron chi connectivity index (χ0n) is 7.66. The molecule has 0 aromatic carbocycles. The molecule has 1 aromatic heterocycles. The van der Waals surface area contributed by atoms with Gasteiger partial charge in [-0.3, -0.25) is 0 Å². The zero-order valence-corrected chi connectivity index (χ0v) is 8.47. The smallest absolute Gasteiger partial charge is 0.0590 e. The normalized spacial score (nSPS) is 13.7. The van der Waals surface area contributed by atoms with E-state index in [1.165, 1.54) is 4.88 Å². The second-order valence-corrected chi connectivity index (χ2v) is 4.60. The van der Waals surface area contributed by atoms with E-state index in [4.69, 9.17) is 0 Å². The molecule has 0 amide bonds. The molecule has 2 heteroatoms. The standard InChI is InChI=1S/C10H16OS/c1-8(2)6-9(11)7-10-4-3-5-12-10/h3-5,8-9,11H,6-7H2,1-2H3. The Balaban J connectivity index is 2.32. The first kappa shape index (κ1) is 9.75. The Kier molecular flexibility index (Phi) is 3.76. The molecule has 1 rings (SSSR count). The van der Waals surface area contributed by atoms with Gasteiger partial charge in [-0.1, -0.05) is 19.9 Å². The van der Waals surface area contributed by atoms with Crippen molar-refractivity contribution < 1.29 is 5.11 Å². The fourth-order valence-electron chi connectivity index (χ4n) is 1.29. The Hall–Kier alpha value is -0.340. The van der Waals surface area contributed by atoms with Crippen LogP contribution in [-0.4, -0.2) is 11.2 Å². The van der Waals surface area contributed by atoms with Gasteiger partial charge in [0.25, 0.3) is 0 Å². The first-order valence-electron chi connectivity index (χ1n) is 4.39. The third-order valence-electron chi connectivity index (χ3n) is 1.76. The fraction of sp³-hybridized carbons (Fsp3) is 0.600. The van der Waals surface area contributed by atoms with Gasteiger partial charge in [0.2, 0.25) is 0 Å². The molecule has 1 unspecified atom stereocenters. The molecule has 0 radical (unpaired) electrons. The molecule has 0 aliphatic heterocycles. The van der Waals surface area contributed by atoms with Crippen LogP contribution in [-0.2, 0) is 6.42 Å². The molecule has 0 aliphatic rings. The maximum atomic E-state index is 9.60. The number of thiophene rings is 1. The summed E-state index contributed by atoms with van der Waals surface area (Å²) in [4.78, 5) is 1.28. The summed E-state index contributed by atoms with van der Waals surface area (Å²) in [7, 11) is 0. The molecule has 1 N–H and O–H groups in total. The molecule has 0 saturated heterocycles. The lowest BCUT2D eigenvalue weighted by Crippen LogP contribution is -2.12. The monoisotopic (exact) mass is 184 g/mol. The van der Waals surface area contributed by atoms with Gasteiger partial charge in [0.15, 0.2) is 0 Å². The van der Waals surface area contributed by atoms with Crippen LogP contribution in [0.4, 0.5) is 0 Å². The number of rotatable bonds is 4. The molecule has 1 atom stereocenters. The van der Waals surface area contributed by atoms with Gasteiger partial charge in [-0.05, 0) is 23.8 Å². The van der Waals surface area contributed by atoms with Crippen molar-refractivity contribution in [1.29, 1.82) is 0 Å². The lowest BCUT2D eigenvalue weighted by atomic mass is 10.0. The maximum Gasteiger partial charge on any atom is 0.0590 e. The van der Waals surface area contributed by atoms with Crippen LogP contribution in [0.1, 0.15) is 25.1 Å². The molecule has 12 heavy (non-hydrogen) atoms. The molecule has 0 fully saturated rings. The summed E-state index contributed by atoms with van der Waals surface area (Å²) in [6, 6.07) is 4.11. The maximum absolute atomic E-state index is 9.60. The quantitative estimate of drug-likeness (QED) is 0.762. The molecular weight excluding hydrogens is 168 g/mol. The van der Waals surface area contributed by atoms with Gasteiger partial charge >= 0.3 is 0 Å². The minimum absolute atomic E-state index is 0.163. The van der Waals surface area contributed by atoms with Gasteiger partial charge in [-0.25, -0.2) is 0 Å². The minimum atomic E-state index is -0.163. The van der Waals surface area contributed by atoms with Crippen LogP contribution in [0, 0.1) is 5.92 Å². The molecule has 1 heterocycles. The predicted octanol–water partition coefficient (Wildman–Crippen LogP) is 2.70. The predicted molar refractivity (Wildman–Crippen MR) is 53.5 cm³/mol. The molecule has 0 bridgehead atoms. The van der Waals surface area contributed by atoms with Gasteiger partial charge in [-0.2, -0.15) is 0 Å². The molecule has 0 aliphatic carbocycles. The van der Waals surface area contributed by atoms with Crippen LogP contribution in [0.3, 0.4) is 0 Å². The summed E-state index contributed by atoms with van der Waals surface area (Å²) in [5.74, 6) is 0.583. The average Bonchev–Trinajstić information content (AvgIpc) is 2.37. The van der Waals surface area contributed by atoms with E-state index in [2.05, 4.69) is 25.3 Å². The highest BCUT2D eigenvalue weighted by molar-refractivity contribution is 7.09. The summed E-state index contributed by atoms with van der Waals surface area (Å²) >= 11 is 1.72. The highest BCUT2D eigenvalue weighted by Crippen LogP contribution is 2.14. The van der Waals surface area contributed by atoms with Crippen molar-refractivity contribution in [2.24, 2.45) is 5.92 Å². The third-order valence-corrected chi connectivity index (χ3v) is 2.66. The van der Waals surface area contributed by atoms with Crippen LogP contribution in [0.25, 0.3) is 0 Å². The van der Waals surface area contributed by atoms with Crippen molar-refractivity contribution in [3.8, 4) is 0 Å². The van der Waals surface area contributed by atoms with Gasteiger partial charge < -0.3 is 5.11 Å². The summed E-state index contributed by atoms with van der Waals surface area (Å²) in [5.41, 5.74) is 0. The molecule has 1 nitrogen and oxygen atoms in total. The molecule has 1 aromatic rings. The Labute approximate surface area is 78.1 Å². The lowest BCUT2D eigenvalue weighted by Gasteiger charge is -2.11. The fourth-order valence-corrected chi connectivity index (χ4v) is 2.07. The van der Waals surface area contributed by atoms with Gasteiger partial charge in [-0.15, -0.1) is 11.3 Å². The topological polar surface area (TPSA) is 20.2 Å². The van der Waals surface area contributed by atoms with Crippen molar-refractivity contribution in [3.63, 3.8) is 0 Å². The Bertz CT molecular complexity index is 204. The number of aliphatic hydroxyl groups excluding tert-OH is 1. The van der Waals surface area contributed by atoms with Gasteiger partial charge in [0.05, 0.1) is 6.10 Å². The first-order valence-corrected chi connectivity index (χ1v) is 5.27. The number of aliphatic hydroxyl groups is 1. The van der Waals surface area contributed by atoms with E-state index in [0.717, 1.165) is 12.8 Å². The summed E-state index contributed by atoms with van der Waals surface area (Å²) < 4.78 is 0. The summed E-state index contributed by atoms with van der Waals surface area (Å²) in [6.07, 6.45) is 1.55. The Morgan fingerprint density at radius 3 is 2.75 bits per heavy atom. The van der Waals surface area contributed by atoms with Crippen molar-refractivity contribution >= 4 is 11.3 Å². The van der Waals surface area contributed by atoms with E-state index in [-0.39, 0.29) is 6.10 Å². The zero-order chi connectivity index (χ0) is 8.97. The molecule has 68 valence electrons. The third kappa shape index (κ3) is 3.37. The van der Waals surface area contributed by atoms with Crippen LogP contribution in [0.2, 0.25) is 0 Å². The van der Waals surface area contributed by atoms with E-state index in [0.29, 0.717) is 5.92 Å². The SMILES string of the molecule is CC(C)CC(O)Cc1cccs1. The lowest BCUT2D eigenvalue weighted by molar-refractivity contribution is 0.150. The first-order chi connectivity index (χ1) is 5.68. The Morgan fingerprint density at radius 1 is 1.50 bits per heavy atom. The highest BCUT2D eigenvalue weighted by Gasteiger charge is 2.07. The number of hydrogen-bond acceptors (Lipinski definition) is 2. The van der Waals surface area contributed by atoms with E-state index in [9.17, 15) is 5.11 Å². The summed E-state index contributed by atoms with van der Waals surface area (Å²) in [6.45, 7) is 4.27. The van der Waals surface area contributed by atoms with Crippen LogP contribution in [0.5, 0.6) is 0 Å². The van der Waals surface area contributed by atoms with Crippen molar-refractivity contribution in [1.82, 2.24) is 0 Å². The Morgan fingerprint density at radius 2 is 2.25 bits per heavy atom. The van der Waals surface area contributed by atoms with Crippen molar-refractivity contribution in [3.05, 3.63) is 22.4 Å². The summed E-state index contributed by atoms with van der Waals surface area (Å²) in [5, 5.41) is 11.7. The van der Waals surface area contributed by atoms with Crippen LogP contribution >= 0.6 is 11.3 Å². The average molecular weight is 184 g/mol. The van der Waals surface area contributed by atoms with E-state index in [1.807, 2.05) is 6.07 Å². The minimum Gasteiger partial charge on any atom is -0.393 e. The second-order valence-electron chi connectivity index (χ2n) is 3.57. The largest absolute Gasteiger partial charge is 0.393 e. The molecule has 0 spiro atoms. The second kappa shape index (κ2) is 4.63. The van der Waals surface area contributed by atoms with Crippen LogP contribution < -0.4 is 0 Å². The number of hydrogen-bond donors (Lipinski definition) is 1. The van der Waals surface area contributed by atoms with Crippen molar-refractivity contribution in [2.75, 3.05) is 0 Å². The van der Waals surface area contributed by atoms with E-state index in [1.54, 1.807) is 11.3 Å². The van der Waals surface area contributed by atoms with Crippen LogP contribution in [0.15, 0.2) is 17.5 Å².